The largest absolute Gasteiger partial charge is 0.493 e. The molecular formula is C23H22N2O3. The Morgan fingerprint density at radius 3 is 2.46 bits per heavy atom. The van der Waals surface area contributed by atoms with Gasteiger partial charge >= 0.3 is 0 Å². The average Bonchev–Trinajstić information content (AvgIpc) is 2.73. The smallest absolute Gasteiger partial charge is 0.262 e. The van der Waals surface area contributed by atoms with Gasteiger partial charge in [-0.15, -0.1) is 0 Å². The van der Waals surface area contributed by atoms with Crippen LogP contribution in [0.2, 0.25) is 0 Å². The normalized spacial score (nSPS) is 15.6. The highest BCUT2D eigenvalue weighted by atomic mass is 16.5. The fourth-order valence-electron chi connectivity index (χ4n) is 3.64. The molecule has 5 nitrogen and oxygen atoms in total. The number of benzene rings is 3. The molecule has 1 atom stereocenters. The predicted octanol–water partition coefficient (Wildman–Crippen LogP) is 4.78. The molecule has 0 fully saturated rings. The van der Waals surface area contributed by atoms with E-state index in [4.69, 9.17) is 9.47 Å². The summed E-state index contributed by atoms with van der Waals surface area (Å²) in [6, 6.07) is 21.2. The summed E-state index contributed by atoms with van der Waals surface area (Å²) in [5, 5.41) is 3.51. The predicted molar refractivity (Wildman–Crippen MR) is 110 cm³/mol. The van der Waals surface area contributed by atoms with Gasteiger partial charge in [0.2, 0.25) is 0 Å². The zero-order chi connectivity index (χ0) is 19.7. The topological polar surface area (TPSA) is 50.8 Å². The van der Waals surface area contributed by atoms with Gasteiger partial charge in [-0.1, -0.05) is 36.4 Å². The Kier molecular flexibility index (Phi) is 4.65. The van der Waals surface area contributed by atoms with Gasteiger partial charge in [-0.3, -0.25) is 9.69 Å². The van der Waals surface area contributed by atoms with Crippen LogP contribution in [0.1, 0.15) is 27.7 Å². The molecule has 1 aliphatic rings. The summed E-state index contributed by atoms with van der Waals surface area (Å²) in [4.78, 5) is 15.3. The lowest BCUT2D eigenvalue weighted by atomic mass is 10.0. The molecule has 1 amide bonds. The maximum absolute atomic E-state index is 13.5. The number of rotatable bonds is 4. The Morgan fingerprint density at radius 2 is 1.71 bits per heavy atom. The van der Waals surface area contributed by atoms with Gasteiger partial charge < -0.3 is 14.8 Å². The van der Waals surface area contributed by atoms with E-state index in [2.05, 4.69) is 5.32 Å². The number of aryl methyl sites for hydroxylation is 1. The molecular weight excluding hydrogens is 352 g/mol. The van der Waals surface area contributed by atoms with E-state index in [9.17, 15) is 4.79 Å². The first-order chi connectivity index (χ1) is 13.6. The standard InChI is InChI=1S/C23H22N2O3/c1-15-8-6-9-16(14-15)25-22(18-11-7-13-20(27-2)21(18)28-3)24-19-12-5-4-10-17(19)23(25)26/h4-14,22,24H,1-3H3/t22-/m1/s1. The zero-order valence-corrected chi connectivity index (χ0v) is 16.1. The number of hydrogen-bond acceptors (Lipinski definition) is 4. The molecule has 0 spiro atoms. The van der Waals surface area contributed by atoms with Crippen LogP contribution < -0.4 is 19.7 Å². The summed E-state index contributed by atoms with van der Waals surface area (Å²) < 4.78 is 11.1. The molecule has 0 unspecified atom stereocenters. The highest BCUT2D eigenvalue weighted by Crippen LogP contribution is 2.42. The highest BCUT2D eigenvalue weighted by Gasteiger charge is 2.36. The number of ether oxygens (including phenoxy) is 2. The third-order valence-corrected chi connectivity index (χ3v) is 4.93. The van der Waals surface area contributed by atoms with Crippen molar-refractivity contribution in [3.8, 4) is 11.5 Å². The van der Waals surface area contributed by atoms with Gasteiger partial charge in [-0.05, 0) is 42.8 Å². The third-order valence-electron chi connectivity index (χ3n) is 4.93. The fraction of sp³-hybridized carbons (Fsp3) is 0.174. The van der Waals surface area contributed by atoms with Crippen LogP contribution >= 0.6 is 0 Å². The van der Waals surface area contributed by atoms with E-state index in [1.165, 1.54) is 0 Å². The van der Waals surface area contributed by atoms with Crippen molar-refractivity contribution in [3.63, 3.8) is 0 Å². The molecule has 0 aromatic heterocycles. The monoisotopic (exact) mass is 374 g/mol. The summed E-state index contributed by atoms with van der Waals surface area (Å²) in [6.07, 6.45) is -0.436. The van der Waals surface area contributed by atoms with Crippen LogP contribution in [0.25, 0.3) is 0 Å². The van der Waals surface area contributed by atoms with Crippen LogP contribution in [-0.4, -0.2) is 20.1 Å². The number of anilines is 2. The number of carbonyl (C=O) groups is 1. The van der Waals surface area contributed by atoms with Crippen molar-refractivity contribution in [1.82, 2.24) is 0 Å². The fourth-order valence-corrected chi connectivity index (χ4v) is 3.64. The maximum atomic E-state index is 13.5. The first-order valence-corrected chi connectivity index (χ1v) is 9.10. The van der Waals surface area contributed by atoms with E-state index in [-0.39, 0.29) is 5.91 Å². The lowest BCUT2D eigenvalue weighted by Crippen LogP contribution is -2.43. The molecule has 5 heteroatoms. The molecule has 0 aliphatic carbocycles. The second kappa shape index (κ2) is 7.27. The minimum Gasteiger partial charge on any atom is -0.493 e. The second-order valence-corrected chi connectivity index (χ2v) is 6.69. The number of methoxy groups -OCH3 is 2. The summed E-state index contributed by atoms with van der Waals surface area (Å²) in [5.74, 6) is 1.17. The summed E-state index contributed by atoms with van der Waals surface area (Å²) in [5.41, 5.74) is 4.17. The molecule has 0 saturated carbocycles. The van der Waals surface area contributed by atoms with Crippen LogP contribution in [0.3, 0.4) is 0 Å². The number of amides is 1. The molecule has 1 aliphatic heterocycles. The molecule has 0 saturated heterocycles. The van der Waals surface area contributed by atoms with Gasteiger partial charge in [0.25, 0.3) is 5.91 Å². The number of para-hydroxylation sites is 2. The SMILES string of the molecule is COc1cccc([C@@H]2Nc3ccccc3C(=O)N2c2cccc(C)c2)c1OC. The first kappa shape index (κ1) is 17.9. The average molecular weight is 374 g/mol. The molecule has 0 bridgehead atoms. The zero-order valence-electron chi connectivity index (χ0n) is 16.1. The molecule has 142 valence electrons. The Balaban J connectivity index is 1.92. The lowest BCUT2D eigenvalue weighted by molar-refractivity contribution is 0.0974. The Bertz CT molecular complexity index is 1030. The van der Waals surface area contributed by atoms with E-state index in [0.29, 0.717) is 17.1 Å². The van der Waals surface area contributed by atoms with Gasteiger partial charge in [0, 0.05) is 16.9 Å². The third kappa shape index (κ3) is 2.95. The lowest BCUT2D eigenvalue weighted by Gasteiger charge is -2.38. The van der Waals surface area contributed by atoms with Crippen LogP contribution in [0, 0.1) is 6.92 Å². The molecule has 3 aromatic carbocycles. The Morgan fingerprint density at radius 1 is 0.929 bits per heavy atom. The molecule has 1 N–H and O–H groups in total. The van der Waals surface area contributed by atoms with Crippen LogP contribution in [0.4, 0.5) is 11.4 Å². The van der Waals surface area contributed by atoms with Crippen LogP contribution in [-0.2, 0) is 0 Å². The van der Waals surface area contributed by atoms with E-state index in [0.717, 1.165) is 22.5 Å². The van der Waals surface area contributed by atoms with E-state index < -0.39 is 6.17 Å². The van der Waals surface area contributed by atoms with Gasteiger partial charge in [-0.25, -0.2) is 0 Å². The van der Waals surface area contributed by atoms with E-state index in [1.54, 1.807) is 19.1 Å². The number of nitrogens with zero attached hydrogens (tertiary/aromatic N) is 1. The molecule has 1 heterocycles. The summed E-state index contributed by atoms with van der Waals surface area (Å²) >= 11 is 0. The summed E-state index contributed by atoms with van der Waals surface area (Å²) in [6.45, 7) is 2.01. The minimum atomic E-state index is -0.436. The van der Waals surface area contributed by atoms with Crippen molar-refractivity contribution in [2.45, 2.75) is 13.1 Å². The number of carbonyl (C=O) groups excluding carboxylic acids is 1. The minimum absolute atomic E-state index is 0.0603. The van der Waals surface area contributed by atoms with Crippen molar-refractivity contribution in [3.05, 3.63) is 83.4 Å². The van der Waals surface area contributed by atoms with E-state index in [1.807, 2.05) is 73.7 Å². The highest BCUT2D eigenvalue weighted by molar-refractivity contribution is 6.12. The number of hydrogen-bond donors (Lipinski definition) is 1. The Hall–Kier alpha value is -3.47. The van der Waals surface area contributed by atoms with Gasteiger partial charge in [0.15, 0.2) is 11.5 Å². The second-order valence-electron chi connectivity index (χ2n) is 6.69. The number of fused-ring (bicyclic) bond motifs is 1. The van der Waals surface area contributed by atoms with Gasteiger partial charge in [-0.2, -0.15) is 0 Å². The van der Waals surface area contributed by atoms with Crippen molar-refractivity contribution in [2.24, 2.45) is 0 Å². The molecule has 4 rings (SSSR count). The van der Waals surface area contributed by atoms with Crippen molar-refractivity contribution in [1.29, 1.82) is 0 Å². The number of nitrogens with one attached hydrogen (secondary N) is 1. The van der Waals surface area contributed by atoms with Crippen molar-refractivity contribution < 1.29 is 14.3 Å². The Labute approximate surface area is 164 Å². The van der Waals surface area contributed by atoms with E-state index >= 15 is 0 Å². The first-order valence-electron chi connectivity index (χ1n) is 9.10. The maximum Gasteiger partial charge on any atom is 0.262 e. The van der Waals surface area contributed by atoms with Crippen LogP contribution in [0.5, 0.6) is 11.5 Å². The molecule has 0 radical (unpaired) electrons. The quantitative estimate of drug-likeness (QED) is 0.714. The molecule has 3 aromatic rings. The van der Waals surface area contributed by atoms with Crippen molar-refractivity contribution in [2.75, 3.05) is 24.4 Å². The van der Waals surface area contributed by atoms with Gasteiger partial charge in [0.1, 0.15) is 6.17 Å². The summed E-state index contributed by atoms with van der Waals surface area (Å²) in [7, 11) is 3.21. The molecule has 28 heavy (non-hydrogen) atoms. The van der Waals surface area contributed by atoms with Gasteiger partial charge in [0.05, 0.1) is 19.8 Å². The van der Waals surface area contributed by atoms with Crippen molar-refractivity contribution >= 4 is 17.3 Å². The van der Waals surface area contributed by atoms with Crippen LogP contribution in [0.15, 0.2) is 66.7 Å².